The fraction of sp³-hybridized carbons (Fsp3) is 0.200. The van der Waals surface area contributed by atoms with Gasteiger partial charge in [0.2, 0.25) is 0 Å². The van der Waals surface area contributed by atoms with Crippen LogP contribution in [0, 0.1) is 5.82 Å². The highest BCUT2D eigenvalue weighted by Crippen LogP contribution is 2.13. The standard InChI is InChI=1S/C10H11F/c1-3-8(2)9-5-4-6-10(11)7-9/h3-7H,1-2H3/b8-3-. The van der Waals surface area contributed by atoms with Crippen molar-refractivity contribution in [3.8, 4) is 0 Å². The first kappa shape index (κ1) is 7.99. The Kier molecular flexibility index (Phi) is 2.42. The Bertz CT molecular complexity index is 274. The lowest BCUT2D eigenvalue weighted by Crippen LogP contribution is -1.80. The third-order valence-corrected chi connectivity index (χ3v) is 1.71. The maximum atomic E-state index is 12.6. The third kappa shape index (κ3) is 1.90. The molecule has 0 unspecified atom stereocenters. The van der Waals surface area contributed by atoms with Gasteiger partial charge in [-0.2, -0.15) is 0 Å². The molecular formula is C10H11F. The van der Waals surface area contributed by atoms with E-state index in [1.165, 1.54) is 12.1 Å². The van der Waals surface area contributed by atoms with Gasteiger partial charge in [-0.25, -0.2) is 4.39 Å². The summed E-state index contributed by atoms with van der Waals surface area (Å²) >= 11 is 0. The van der Waals surface area contributed by atoms with E-state index in [1.54, 1.807) is 6.07 Å². The number of halogens is 1. The van der Waals surface area contributed by atoms with E-state index in [4.69, 9.17) is 0 Å². The monoisotopic (exact) mass is 150 g/mol. The highest BCUT2D eigenvalue weighted by Gasteiger charge is 1.94. The zero-order valence-electron chi connectivity index (χ0n) is 6.76. The van der Waals surface area contributed by atoms with Crippen LogP contribution in [0.1, 0.15) is 19.4 Å². The summed E-state index contributed by atoms with van der Waals surface area (Å²) in [6.45, 7) is 3.91. The number of hydrogen-bond acceptors (Lipinski definition) is 0. The van der Waals surface area contributed by atoms with Gasteiger partial charge in [0.05, 0.1) is 0 Å². The van der Waals surface area contributed by atoms with E-state index >= 15 is 0 Å². The molecule has 0 N–H and O–H groups in total. The van der Waals surface area contributed by atoms with Crippen LogP contribution in [0.2, 0.25) is 0 Å². The molecule has 0 spiro atoms. The number of benzene rings is 1. The second kappa shape index (κ2) is 3.33. The largest absolute Gasteiger partial charge is 0.207 e. The Hall–Kier alpha value is -1.11. The molecule has 11 heavy (non-hydrogen) atoms. The van der Waals surface area contributed by atoms with Gasteiger partial charge in [-0.05, 0) is 37.1 Å². The van der Waals surface area contributed by atoms with E-state index in [2.05, 4.69) is 0 Å². The second-order valence-electron chi connectivity index (χ2n) is 2.48. The summed E-state index contributed by atoms with van der Waals surface area (Å²) in [7, 11) is 0. The van der Waals surface area contributed by atoms with Crippen LogP contribution in [0.25, 0.3) is 5.57 Å². The molecule has 1 aromatic rings. The van der Waals surface area contributed by atoms with E-state index in [1.807, 2.05) is 26.0 Å². The Morgan fingerprint density at radius 2 is 2.18 bits per heavy atom. The number of rotatable bonds is 1. The molecule has 58 valence electrons. The van der Waals surface area contributed by atoms with Crippen LogP contribution in [-0.2, 0) is 0 Å². The highest BCUT2D eigenvalue weighted by atomic mass is 19.1. The lowest BCUT2D eigenvalue weighted by atomic mass is 10.1. The molecule has 1 rings (SSSR count). The van der Waals surface area contributed by atoms with E-state index in [0.717, 1.165) is 11.1 Å². The highest BCUT2D eigenvalue weighted by molar-refractivity contribution is 5.63. The Balaban J connectivity index is 3.06. The lowest BCUT2D eigenvalue weighted by molar-refractivity contribution is 0.627. The normalized spacial score (nSPS) is 11.7. The minimum atomic E-state index is -0.177. The van der Waals surface area contributed by atoms with Gasteiger partial charge in [-0.15, -0.1) is 0 Å². The quantitative estimate of drug-likeness (QED) is 0.576. The minimum absolute atomic E-state index is 0.177. The van der Waals surface area contributed by atoms with Gasteiger partial charge in [0, 0.05) is 0 Å². The van der Waals surface area contributed by atoms with E-state index in [9.17, 15) is 4.39 Å². The van der Waals surface area contributed by atoms with Gasteiger partial charge in [0.1, 0.15) is 5.82 Å². The van der Waals surface area contributed by atoms with E-state index in [-0.39, 0.29) is 5.82 Å². The molecule has 0 saturated heterocycles. The Labute approximate surface area is 66.4 Å². The van der Waals surface area contributed by atoms with Crippen LogP contribution in [0.5, 0.6) is 0 Å². The maximum absolute atomic E-state index is 12.6. The minimum Gasteiger partial charge on any atom is -0.207 e. The SMILES string of the molecule is C/C=C(/C)c1cccc(F)c1. The summed E-state index contributed by atoms with van der Waals surface area (Å²) in [5.41, 5.74) is 2.05. The van der Waals surface area contributed by atoms with Crippen molar-refractivity contribution in [2.75, 3.05) is 0 Å². The fourth-order valence-electron chi connectivity index (χ4n) is 0.900. The van der Waals surface area contributed by atoms with Crippen LogP contribution >= 0.6 is 0 Å². The number of allylic oxidation sites excluding steroid dienone is 2. The molecule has 0 heterocycles. The lowest BCUT2D eigenvalue weighted by Gasteiger charge is -1.98. The van der Waals surface area contributed by atoms with Crippen molar-refractivity contribution in [2.24, 2.45) is 0 Å². The van der Waals surface area contributed by atoms with Crippen molar-refractivity contribution >= 4 is 5.57 Å². The van der Waals surface area contributed by atoms with Crippen molar-refractivity contribution in [3.63, 3.8) is 0 Å². The molecule has 0 atom stereocenters. The summed E-state index contributed by atoms with van der Waals surface area (Å²) in [5.74, 6) is -0.177. The maximum Gasteiger partial charge on any atom is 0.123 e. The van der Waals surface area contributed by atoms with Gasteiger partial charge in [0.25, 0.3) is 0 Å². The first-order valence-corrected chi connectivity index (χ1v) is 3.63. The summed E-state index contributed by atoms with van der Waals surface area (Å²) in [4.78, 5) is 0. The molecule has 0 bridgehead atoms. The van der Waals surface area contributed by atoms with Crippen LogP contribution < -0.4 is 0 Å². The molecule has 0 amide bonds. The van der Waals surface area contributed by atoms with Crippen molar-refractivity contribution in [1.82, 2.24) is 0 Å². The first-order chi connectivity index (χ1) is 5.24. The average molecular weight is 150 g/mol. The van der Waals surface area contributed by atoms with Gasteiger partial charge in [0.15, 0.2) is 0 Å². The average Bonchev–Trinajstić information content (AvgIpc) is 2.03. The molecule has 0 aliphatic rings. The molecule has 0 radical (unpaired) electrons. The van der Waals surface area contributed by atoms with Gasteiger partial charge in [-0.1, -0.05) is 18.2 Å². The molecule has 0 aliphatic carbocycles. The van der Waals surface area contributed by atoms with Gasteiger partial charge < -0.3 is 0 Å². The molecule has 1 aromatic carbocycles. The first-order valence-electron chi connectivity index (χ1n) is 3.63. The third-order valence-electron chi connectivity index (χ3n) is 1.71. The number of hydrogen-bond donors (Lipinski definition) is 0. The predicted octanol–water partition coefficient (Wildman–Crippen LogP) is 3.25. The van der Waals surface area contributed by atoms with Crippen molar-refractivity contribution in [3.05, 3.63) is 41.7 Å². The molecular weight excluding hydrogens is 139 g/mol. The summed E-state index contributed by atoms with van der Waals surface area (Å²) in [6, 6.07) is 6.61. The van der Waals surface area contributed by atoms with Gasteiger partial charge in [-0.3, -0.25) is 0 Å². The van der Waals surface area contributed by atoms with Gasteiger partial charge >= 0.3 is 0 Å². The predicted molar refractivity (Wildman–Crippen MR) is 45.7 cm³/mol. The molecule has 1 heteroatoms. The van der Waals surface area contributed by atoms with Crippen molar-refractivity contribution < 1.29 is 4.39 Å². The fourth-order valence-corrected chi connectivity index (χ4v) is 0.900. The topological polar surface area (TPSA) is 0 Å². The van der Waals surface area contributed by atoms with Crippen molar-refractivity contribution in [2.45, 2.75) is 13.8 Å². The second-order valence-corrected chi connectivity index (χ2v) is 2.48. The van der Waals surface area contributed by atoms with Crippen LogP contribution in [0.15, 0.2) is 30.3 Å². The van der Waals surface area contributed by atoms with Crippen LogP contribution in [0.4, 0.5) is 4.39 Å². The van der Waals surface area contributed by atoms with Crippen molar-refractivity contribution in [1.29, 1.82) is 0 Å². The summed E-state index contributed by atoms with van der Waals surface area (Å²) in [5, 5.41) is 0. The van der Waals surface area contributed by atoms with E-state index in [0.29, 0.717) is 0 Å². The summed E-state index contributed by atoms with van der Waals surface area (Å²) in [6.07, 6.45) is 1.97. The summed E-state index contributed by atoms with van der Waals surface area (Å²) < 4.78 is 12.6. The Morgan fingerprint density at radius 3 is 2.73 bits per heavy atom. The molecule has 0 saturated carbocycles. The molecule has 0 aromatic heterocycles. The molecule has 0 fully saturated rings. The molecule has 0 nitrogen and oxygen atoms in total. The van der Waals surface area contributed by atoms with E-state index < -0.39 is 0 Å². The zero-order valence-corrected chi connectivity index (χ0v) is 6.76. The smallest absolute Gasteiger partial charge is 0.123 e. The zero-order chi connectivity index (χ0) is 8.27. The van der Waals surface area contributed by atoms with Crippen LogP contribution in [0.3, 0.4) is 0 Å². The Morgan fingerprint density at radius 1 is 1.45 bits per heavy atom. The molecule has 0 aliphatic heterocycles. The van der Waals surface area contributed by atoms with Crippen LogP contribution in [-0.4, -0.2) is 0 Å².